The van der Waals surface area contributed by atoms with Crippen molar-refractivity contribution in [3.05, 3.63) is 126 Å². The minimum atomic E-state index is -0.821. The monoisotopic (exact) mass is 772 g/mol. The summed E-state index contributed by atoms with van der Waals surface area (Å²) in [5.41, 5.74) is 2.29. The van der Waals surface area contributed by atoms with Crippen molar-refractivity contribution in [2.45, 2.75) is 26.5 Å². The standard InChI is InChI=1S/C30H21Cl4IN2O4S/c1-3-40-29(39)25-15(2)36-30-37(26(25)20-6-4-5-7-21(20)33)28(38)24(42-30)11-17-10-19(32)13-23(35)27(17)41-14-16-8-9-18(31)12-22(16)34/h4-13,26H,3,14H2,1-2H3/b24-11-/t26-/m1/s1. The van der Waals surface area contributed by atoms with Crippen molar-refractivity contribution < 1.29 is 14.3 Å². The summed E-state index contributed by atoms with van der Waals surface area (Å²) >= 11 is 28.7. The van der Waals surface area contributed by atoms with Crippen LogP contribution in [-0.2, 0) is 16.1 Å². The summed E-state index contributed by atoms with van der Waals surface area (Å²) in [6, 6.07) is 15.0. The highest BCUT2D eigenvalue weighted by molar-refractivity contribution is 14.1. The minimum absolute atomic E-state index is 0.171. The minimum Gasteiger partial charge on any atom is -0.487 e. The maximum atomic E-state index is 14.0. The molecule has 0 N–H and O–H groups in total. The molecule has 1 aliphatic heterocycles. The van der Waals surface area contributed by atoms with Gasteiger partial charge in [0, 0.05) is 31.2 Å². The largest absolute Gasteiger partial charge is 0.487 e. The molecule has 0 saturated heterocycles. The predicted molar refractivity (Wildman–Crippen MR) is 177 cm³/mol. The first-order valence-corrected chi connectivity index (χ1v) is 16.0. The molecule has 0 unspecified atom stereocenters. The lowest BCUT2D eigenvalue weighted by Crippen LogP contribution is -2.40. The van der Waals surface area contributed by atoms with Crippen LogP contribution in [-0.4, -0.2) is 17.1 Å². The third-order valence-corrected chi connectivity index (χ3v) is 9.36. The summed E-state index contributed by atoms with van der Waals surface area (Å²) in [4.78, 5) is 32.2. The maximum Gasteiger partial charge on any atom is 0.338 e. The molecular formula is C30H21Cl4IN2O4S. The third kappa shape index (κ3) is 6.30. The van der Waals surface area contributed by atoms with E-state index in [1.54, 1.807) is 74.5 Å². The molecular weight excluding hydrogens is 753 g/mol. The molecule has 0 radical (unpaired) electrons. The molecule has 0 bridgehead atoms. The van der Waals surface area contributed by atoms with Gasteiger partial charge in [-0.1, -0.05) is 82.0 Å². The maximum absolute atomic E-state index is 14.0. The lowest BCUT2D eigenvalue weighted by atomic mass is 9.96. The van der Waals surface area contributed by atoms with Gasteiger partial charge < -0.3 is 9.47 Å². The van der Waals surface area contributed by atoms with Gasteiger partial charge in [0.25, 0.3) is 5.56 Å². The van der Waals surface area contributed by atoms with Gasteiger partial charge in [0.1, 0.15) is 18.4 Å². The van der Waals surface area contributed by atoms with Gasteiger partial charge in [-0.15, -0.1) is 0 Å². The molecule has 42 heavy (non-hydrogen) atoms. The van der Waals surface area contributed by atoms with Crippen molar-refractivity contribution in [3.63, 3.8) is 0 Å². The SMILES string of the molecule is CCOC(=O)C1=C(C)N=c2s/c(=C\c3cc(Cl)cc(I)c3OCc3ccc(Cl)cc3Cl)c(=O)n2[C@@H]1c1ccccc1Cl. The molecule has 216 valence electrons. The van der Waals surface area contributed by atoms with Crippen LogP contribution in [0.5, 0.6) is 5.75 Å². The first-order chi connectivity index (χ1) is 20.1. The summed E-state index contributed by atoms with van der Waals surface area (Å²) in [7, 11) is 0. The van der Waals surface area contributed by atoms with Crippen LogP contribution in [0.15, 0.2) is 75.7 Å². The Morgan fingerprint density at radius 3 is 2.55 bits per heavy atom. The summed E-state index contributed by atoms with van der Waals surface area (Å²) in [6.45, 7) is 3.79. The smallest absolute Gasteiger partial charge is 0.338 e. The highest BCUT2D eigenvalue weighted by Gasteiger charge is 2.34. The van der Waals surface area contributed by atoms with Crippen molar-refractivity contribution in [1.82, 2.24) is 4.57 Å². The van der Waals surface area contributed by atoms with Crippen molar-refractivity contribution in [2.24, 2.45) is 4.99 Å². The van der Waals surface area contributed by atoms with E-state index < -0.39 is 12.0 Å². The summed E-state index contributed by atoms with van der Waals surface area (Å²) in [5, 5.41) is 1.89. The van der Waals surface area contributed by atoms with E-state index in [9.17, 15) is 9.59 Å². The second kappa shape index (κ2) is 13.1. The molecule has 1 aromatic heterocycles. The second-order valence-electron chi connectivity index (χ2n) is 9.15. The van der Waals surface area contributed by atoms with Gasteiger partial charge in [-0.05, 0) is 78.4 Å². The van der Waals surface area contributed by atoms with Gasteiger partial charge in [0.15, 0.2) is 4.80 Å². The van der Waals surface area contributed by atoms with Gasteiger partial charge in [-0.2, -0.15) is 0 Å². The fourth-order valence-corrected chi connectivity index (χ4v) is 7.51. The quantitative estimate of drug-likeness (QED) is 0.143. The molecule has 3 aromatic carbocycles. The highest BCUT2D eigenvalue weighted by atomic mass is 127. The van der Waals surface area contributed by atoms with Crippen LogP contribution in [0.2, 0.25) is 20.1 Å². The normalized spacial score (nSPS) is 14.9. The van der Waals surface area contributed by atoms with Crippen LogP contribution in [0.4, 0.5) is 0 Å². The average molecular weight is 774 g/mol. The molecule has 1 atom stereocenters. The zero-order valence-electron chi connectivity index (χ0n) is 22.1. The Kier molecular flexibility index (Phi) is 9.71. The highest BCUT2D eigenvalue weighted by Crippen LogP contribution is 2.35. The number of thiazole rings is 1. The van der Waals surface area contributed by atoms with E-state index >= 15 is 0 Å². The number of nitrogens with zero attached hydrogens (tertiary/aromatic N) is 2. The van der Waals surface area contributed by atoms with Crippen molar-refractivity contribution in [1.29, 1.82) is 0 Å². The predicted octanol–water partition coefficient (Wildman–Crippen LogP) is 7.60. The Bertz CT molecular complexity index is 1940. The fourth-order valence-electron chi connectivity index (χ4n) is 4.55. The zero-order valence-corrected chi connectivity index (χ0v) is 28.1. The van der Waals surface area contributed by atoms with Gasteiger partial charge in [0.05, 0.1) is 26.0 Å². The van der Waals surface area contributed by atoms with Crippen LogP contribution in [0.3, 0.4) is 0 Å². The number of rotatable bonds is 7. The Labute approximate surface area is 278 Å². The topological polar surface area (TPSA) is 69.9 Å². The van der Waals surface area contributed by atoms with Gasteiger partial charge in [-0.3, -0.25) is 9.36 Å². The second-order valence-corrected chi connectivity index (χ2v) is 13.0. The number of allylic oxidation sites excluding steroid dienone is 1. The number of benzene rings is 3. The van der Waals surface area contributed by atoms with Crippen LogP contribution in [0.1, 0.15) is 36.6 Å². The lowest BCUT2D eigenvalue weighted by Gasteiger charge is -2.25. The van der Waals surface area contributed by atoms with E-state index in [1.807, 2.05) is 0 Å². The molecule has 1 aliphatic rings. The van der Waals surface area contributed by atoms with Crippen LogP contribution < -0.4 is 19.6 Å². The zero-order chi connectivity index (χ0) is 30.1. The van der Waals surface area contributed by atoms with Crippen LogP contribution in [0.25, 0.3) is 6.08 Å². The average Bonchev–Trinajstić information content (AvgIpc) is 3.23. The first kappa shape index (κ1) is 31.1. The fraction of sp³-hybridized carbons (Fsp3) is 0.167. The van der Waals surface area contributed by atoms with E-state index in [-0.39, 0.29) is 24.3 Å². The number of carbonyl (C=O) groups is 1. The number of ether oxygens (including phenoxy) is 2. The van der Waals surface area contributed by atoms with E-state index in [1.165, 1.54) is 15.9 Å². The molecule has 0 fully saturated rings. The number of carbonyl (C=O) groups excluding carboxylic acids is 1. The summed E-state index contributed by atoms with van der Waals surface area (Å²) in [5.74, 6) is -0.0261. The van der Waals surface area contributed by atoms with Crippen molar-refractivity contribution in [3.8, 4) is 5.75 Å². The Balaban J connectivity index is 1.65. The molecule has 0 amide bonds. The Morgan fingerprint density at radius 2 is 1.83 bits per heavy atom. The Hall–Kier alpha value is -2.34. The molecule has 5 rings (SSSR count). The van der Waals surface area contributed by atoms with E-state index in [0.717, 1.165) is 9.13 Å². The molecule has 0 aliphatic carbocycles. The van der Waals surface area contributed by atoms with Gasteiger partial charge >= 0.3 is 5.97 Å². The summed E-state index contributed by atoms with van der Waals surface area (Å²) in [6.07, 6.45) is 1.71. The van der Waals surface area contributed by atoms with E-state index in [2.05, 4.69) is 27.6 Å². The number of aromatic nitrogens is 1. The summed E-state index contributed by atoms with van der Waals surface area (Å²) < 4.78 is 14.2. The first-order valence-electron chi connectivity index (χ1n) is 12.6. The van der Waals surface area contributed by atoms with Crippen LogP contribution in [0, 0.1) is 3.57 Å². The number of hydrogen-bond donors (Lipinski definition) is 0. The number of fused-ring (bicyclic) bond motifs is 1. The molecule has 12 heteroatoms. The third-order valence-electron chi connectivity index (χ3n) is 6.43. The number of esters is 1. The molecule has 4 aromatic rings. The van der Waals surface area contributed by atoms with Gasteiger partial charge in [-0.25, -0.2) is 9.79 Å². The van der Waals surface area contributed by atoms with Gasteiger partial charge in [0.2, 0.25) is 0 Å². The molecule has 2 heterocycles. The molecule has 0 spiro atoms. The van der Waals surface area contributed by atoms with Crippen molar-refractivity contribution >= 4 is 92.4 Å². The molecule has 0 saturated carbocycles. The number of hydrogen-bond acceptors (Lipinski definition) is 6. The lowest BCUT2D eigenvalue weighted by molar-refractivity contribution is -0.139. The van der Waals surface area contributed by atoms with E-state index in [4.69, 9.17) is 55.9 Å². The van der Waals surface area contributed by atoms with Crippen molar-refractivity contribution in [2.75, 3.05) is 6.61 Å². The number of halogens is 5. The Morgan fingerprint density at radius 1 is 1.07 bits per heavy atom. The van der Waals surface area contributed by atoms with Crippen LogP contribution >= 0.6 is 80.3 Å². The molecule has 6 nitrogen and oxygen atoms in total. The van der Waals surface area contributed by atoms with E-state index in [0.29, 0.717) is 52.0 Å².